The topological polar surface area (TPSA) is 49.8 Å². The highest BCUT2D eigenvalue weighted by Crippen LogP contribution is 2.38. The molecular formula is C21H20BrNO3S2. The zero-order valence-electron chi connectivity index (χ0n) is 15.4. The van der Waals surface area contributed by atoms with Crippen LogP contribution in [-0.4, -0.2) is 33.4 Å². The SMILES string of the molecule is CCOc1cc(Br)cc(C=C2SC(=S)N(CCCc3ccccc3)C2=O)c1O. The number of benzene rings is 2. The van der Waals surface area contributed by atoms with E-state index in [-0.39, 0.29) is 11.7 Å². The summed E-state index contributed by atoms with van der Waals surface area (Å²) in [7, 11) is 0. The summed E-state index contributed by atoms with van der Waals surface area (Å²) in [6, 6.07) is 13.6. The number of rotatable bonds is 7. The maximum absolute atomic E-state index is 12.8. The van der Waals surface area contributed by atoms with E-state index in [1.54, 1.807) is 23.1 Å². The number of aromatic hydroxyl groups is 1. The minimum atomic E-state index is -0.125. The van der Waals surface area contributed by atoms with Crippen LogP contribution in [0.2, 0.25) is 0 Å². The molecule has 0 saturated carbocycles. The molecule has 1 heterocycles. The fourth-order valence-corrected chi connectivity index (χ4v) is 4.64. The number of thioether (sulfide) groups is 1. The third-order valence-corrected chi connectivity index (χ3v) is 6.05. The molecule has 28 heavy (non-hydrogen) atoms. The third-order valence-electron chi connectivity index (χ3n) is 4.22. The van der Waals surface area contributed by atoms with E-state index >= 15 is 0 Å². The number of hydrogen-bond acceptors (Lipinski definition) is 5. The quantitative estimate of drug-likeness (QED) is 0.427. The molecule has 0 aliphatic carbocycles. The highest BCUT2D eigenvalue weighted by atomic mass is 79.9. The maximum Gasteiger partial charge on any atom is 0.266 e. The van der Waals surface area contributed by atoms with Crippen LogP contribution in [-0.2, 0) is 11.2 Å². The third kappa shape index (κ3) is 4.96. The highest BCUT2D eigenvalue weighted by Gasteiger charge is 2.31. The number of phenols is 1. The minimum absolute atomic E-state index is 0.0133. The average molecular weight is 478 g/mol. The van der Waals surface area contributed by atoms with Crippen molar-refractivity contribution < 1.29 is 14.6 Å². The van der Waals surface area contributed by atoms with Crippen LogP contribution < -0.4 is 4.74 Å². The van der Waals surface area contributed by atoms with Gasteiger partial charge in [-0.1, -0.05) is 70.2 Å². The van der Waals surface area contributed by atoms with Crippen LogP contribution in [0.15, 0.2) is 51.8 Å². The van der Waals surface area contributed by atoms with E-state index in [4.69, 9.17) is 17.0 Å². The van der Waals surface area contributed by atoms with E-state index in [1.165, 1.54) is 17.3 Å². The Balaban J connectivity index is 1.72. The average Bonchev–Trinajstić information content (AvgIpc) is 2.94. The van der Waals surface area contributed by atoms with Crippen molar-refractivity contribution >= 4 is 56.2 Å². The first-order valence-electron chi connectivity index (χ1n) is 8.94. The molecule has 2 aromatic rings. The van der Waals surface area contributed by atoms with Gasteiger partial charge < -0.3 is 9.84 Å². The molecule has 0 spiro atoms. The normalized spacial score (nSPS) is 15.5. The number of carbonyl (C=O) groups is 1. The molecule has 0 aromatic heterocycles. The van der Waals surface area contributed by atoms with Crippen LogP contribution in [0.4, 0.5) is 0 Å². The lowest BCUT2D eigenvalue weighted by Crippen LogP contribution is -2.29. The van der Waals surface area contributed by atoms with E-state index in [0.717, 1.165) is 17.3 Å². The van der Waals surface area contributed by atoms with Gasteiger partial charge in [-0.25, -0.2) is 0 Å². The van der Waals surface area contributed by atoms with Gasteiger partial charge in [-0.3, -0.25) is 9.69 Å². The molecular weight excluding hydrogens is 458 g/mol. The van der Waals surface area contributed by atoms with Crippen molar-refractivity contribution in [1.29, 1.82) is 0 Å². The Kier molecular flexibility index (Phi) is 7.15. The number of ether oxygens (including phenoxy) is 1. The number of phenolic OH excluding ortho intramolecular Hbond substituents is 1. The summed E-state index contributed by atoms with van der Waals surface area (Å²) in [4.78, 5) is 14.9. The van der Waals surface area contributed by atoms with Crippen LogP contribution in [0.1, 0.15) is 24.5 Å². The van der Waals surface area contributed by atoms with Crippen LogP contribution in [0.3, 0.4) is 0 Å². The van der Waals surface area contributed by atoms with E-state index in [9.17, 15) is 9.90 Å². The van der Waals surface area contributed by atoms with E-state index < -0.39 is 0 Å². The largest absolute Gasteiger partial charge is 0.504 e. The summed E-state index contributed by atoms with van der Waals surface area (Å²) in [5.41, 5.74) is 1.76. The van der Waals surface area contributed by atoms with Crippen molar-refractivity contribution in [2.75, 3.05) is 13.2 Å². The van der Waals surface area contributed by atoms with Crippen molar-refractivity contribution in [3.05, 3.63) is 63.0 Å². The molecule has 3 rings (SSSR count). The first kappa shape index (κ1) is 20.9. The van der Waals surface area contributed by atoms with Crippen LogP contribution in [0, 0.1) is 0 Å². The zero-order valence-corrected chi connectivity index (χ0v) is 18.6. The van der Waals surface area contributed by atoms with Crippen molar-refractivity contribution in [2.24, 2.45) is 0 Å². The monoisotopic (exact) mass is 477 g/mol. The highest BCUT2D eigenvalue weighted by molar-refractivity contribution is 9.10. The van der Waals surface area contributed by atoms with Gasteiger partial charge in [0.05, 0.1) is 11.5 Å². The molecule has 0 unspecified atom stereocenters. The second-order valence-electron chi connectivity index (χ2n) is 6.20. The summed E-state index contributed by atoms with van der Waals surface area (Å²) in [6.07, 6.45) is 3.39. The molecule has 1 amide bonds. The molecule has 0 atom stereocenters. The molecule has 146 valence electrons. The molecule has 1 saturated heterocycles. The molecule has 1 N–H and O–H groups in total. The molecule has 2 aromatic carbocycles. The maximum atomic E-state index is 12.8. The Morgan fingerprint density at radius 2 is 2.04 bits per heavy atom. The Hall–Kier alpha value is -1.83. The lowest BCUT2D eigenvalue weighted by atomic mass is 10.1. The second kappa shape index (κ2) is 9.58. The summed E-state index contributed by atoms with van der Waals surface area (Å²) in [6.45, 7) is 2.86. The summed E-state index contributed by atoms with van der Waals surface area (Å²) < 4.78 is 6.76. The van der Waals surface area contributed by atoms with Crippen LogP contribution in [0.5, 0.6) is 11.5 Å². The number of halogens is 1. The first-order valence-corrected chi connectivity index (χ1v) is 11.0. The van der Waals surface area contributed by atoms with Gasteiger partial charge in [0.2, 0.25) is 0 Å². The molecule has 1 aliphatic heterocycles. The van der Waals surface area contributed by atoms with Gasteiger partial charge in [0.25, 0.3) is 5.91 Å². The Morgan fingerprint density at radius 1 is 1.29 bits per heavy atom. The van der Waals surface area contributed by atoms with Gasteiger partial charge in [-0.15, -0.1) is 0 Å². The fraction of sp³-hybridized carbons (Fsp3) is 0.238. The predicted octanol–water partition coefficient (Wildman–Crippen LogP) is 5.39. The first-order chi connectivity index (χ1) is 13.5. The van der Waals surface area contributed by atoms with Crippen molar-refractivity contribution in [3.63, 3.8) is 0 Å². The molecule has 1 fully saturated rings. The molecule has 4 nitrogen and oxygen atoms in total. The van der Waals surface area contributed by atoms with Gasteiger partial charge in [0.1, 0.15) is 4.32 Å². The van der Waals surface area contributed by atoms with Crippen molar-refractivity contribution in [2.45, 2.75) is 19.8 Å². The number of aryl methyl sites for hydroxylation is 1. The Morgan fingerprint density at radius 3 is 2.75 bits per heavy atom. The lowest BCUT2D eigenvalue weighted by molar-refractivity contribution is -0.122. The van der Waals surface area contributed by atoms with Crippen LogP contribution >= 0.6 is 39.9 Å². The van der Waals surface area contributed by atoms with Gasteiger partial charge >= 0.3 is 0 Å². The minimum Gasteiger partial charge on any atom is -0.504 e. The molecule has 0 radical (unpaired) electrons. The van der Waals surface area contributed by atoms with Crippen LogP contribution in [0.25, 0.3) is 6.08 Å². The van der Waals surface area contributed by atoms with Crippen molar-refractivity contribution in [1.82, 2.24) is 4.90 Å². The molecule has 7 heteroatoms. The Bertz CT molecular complexity index is 915. The standard InChI is InChI=1S/C21H20BrNO3S2/c1-2-26-17-13-16(22)11-15(19(17)24)12-18-20(25)23(21(27)28-18)10-6-9-14-7-4-3-5-8-14/h3-5,7-8,11-13,24H,2,6,9-10H2,1H3. The van der Waals surface area contributed by atoms with Crippen molar-refractivity contribution in [3.8, 4) is 11.5 Å². The van der Waals surface area contributed by atoms with E-state index in [0.29, 0.717) is 33.7 Å². The summed E-state index contributed by atoms with van der Waals surface area (Å²) in [5.74, 6) is 0.265. The number of thiocarbonyl (C=S) groups is 1. The number of nitrogens with zero attached hydrogens (tertiary/aromatic N) is 1. The van der Waals surface area contributed by atoms with E-state index in [1.807, 2.05) is 25.1 Å². The number of amides is 1. The van der Waals surface area contributed by atoms with Gasteiger partial charge in [-0.05, 0) is 43.5 Å². The van der Waals surface area contributed by atoms with Gasteiger partial charge in [0.15, 0.2) is 11.5 Å². The zero-order chi connectivity index (χ0) is 20.1. The Labute approximate surface area is 182 Å². The molecule has 1 aliphatic rings. The van der Waals surface area contributed by atoms with Gasteiger partial charge in [-0.2, -0.15) is 0 Å². The van der Waals surface area contributed by atoms with E-state index in [2.05, 4.69) is 28.1 Å². The smallest absolute Gasteiger partial charge is 0.266 e. The lowest BCUT2D eigenvalue weighted by Gasteiger charge is -2.14. The number of hydrogen-bond donors (Lipinski definition) is 1. The summed E-state index contributed by atoms with van der Waals surface area (Å²) in [5, 5.41) is 10.4. The van der Waals surface area contributed by atoms with Gasteiger partial charge in [0, 0.05) is 16.6 Å². The predicted molar refractivity (Wildman–Crippen MR) is 122 cm³/mol. The molecule has 0 bridgehead atoms. The second-order valence-corrected chi connectivity index (χ2v) is 8.79. The summed E-state index contributed by atoms with van der Waals surface area (Å²) >= 11 is 10.1. The number of carbonyl (C=O) groups excluding carboxylic acids is 1. The fourth-order valence-electron chi connectivity index (χ4n) is 2.89.